The summed E-state index contributed by atoms with van der Waals surface area (Å²) < 4.78 is 12.9. The van der Waals surface area contributed by atoms with Crippen LogP contribution in [0.2, 0.25) is 0 Å². The largest absolute Gasteiger partial charge is 0.507 e. The van der Waals surface area contributed by atoms with Crippen LogP contribution in [0.4, 0.5) is 5.95 Å². The van der Waals surface area contributed by atoms with Gasteiger partial charge in [0.15, 0.2) is 0 Å². The topological polar surface area (TPSA) is 85.0 Å². The Bertz CT molecular complexity index is 1020. The third-order valence-corrected chi connectivity index (χ3v) is 5.16. The molecule has 2 aromatic heterocycles. The monoisotopic (exact) mass is 367 g/mol. The Balaban J connectivity index is 1.70. The van der Waals surface area contributed by atoms with Crippen LogP contribution in [0.5, 0.6) is 5.75 Å². The van der Waals surface area contributed by atoms with E-state index in [1.165, 1.54) is 0 Å². The number of anilines is 1. The molecule has 0 spiro atoms. The Labute approximate surface area is 156 Å². The van der Waals surface area contributed by atoms with Gasteiger partial charge in [0, 0.05) is 24.2 Å². The molecule has 0 amide bonds. The molecular formula is C19H21N5O3. The van der Waals surface area contributed by atoms with Gasteiger partial charge in [-0.05, 0) is 31.0 Å². The fraction of sp³-hybridized carbons (Fsp3) is 0.421. The number of aromatic nitrogens is 4. The van der Waals surface area contributed by atoms with Gasteiger partial charge in [-0.2, -0.15) is 9.50 Å². The summed E-state index contributed by atoms with van der Waals surface area (Å²) in [5.41, 5.74) is 5.36. The molecular weight excluding hydrogens is 346 g/mol. The van der Waals surface area contributed by atoms with E-state index in [9.17, 15) is 5.11 Å². The molecule has 0 atom stereocenters. The number of benzene rings is 1. The predicted octanol–water partition coefficient (Wildman–Crippen LogP) is 1.98. The van der Waals surface area contributed by atoms with E-state index in [-0.39, 0.29) is 5.75 Å². The fourth-order valence-corrected chi connectivity index (χ4v) is 3.89. The number of hydrogen-bond donors (Lipinski definition) is 1. The van der Waals surface area contributed by atoms with Gasteiger partial charge in [-0.25, -0.2) is 4.98 Å². The van der Waals surface area contributed by atoms with Crippen LogP contribution < -0.4 is 4.90 Å². The molecule has 1 saturated heterocycles. The Hall–Kier alpha value is -2.71. The number of morpholine rings is 1. The van der Waals surface area contributed by atoms with Crippen LogP contribution >= 0.6 is 0 Å². The van der Waals surface area contributed by atoms with Crippen LogP contribution in [-0.4, -0.2) is 51.0 Å². The lowest BCUT2D eigenvalue weighted by Gasteiger charge is -2.25. The first-order valence-electron chi connectivity index (χ1n) is 9.11. The number of ether oxygens (including phenoxy) is 2. The highest BCUT2D eigenvalue weighted by atomic mass is 16.5. The Morgan fingerprint density at radius 3 is 2.63 bits per heavy atom. The maximum Gasteiger partial charge on any atom is 0.254 e. The summed E-state index contributed by atoms with van der Waals surface area (Å²) in [6.07, 6.45) is 0. The van der Waals surface area contributed by atoms with Crippen LogP contribution in [-0.2, 0) is 22.7 Å². The summed E-state index contributed by atoms with van der Waals surface area (Å²) in [4.78, 5) is 11.5. The first-order chi connectivity index (χ1) is 13.1. The molecule has 8 nitrogen and oxygen atoms in total. The van der Waals surface area contributed by atoms with Gasteiger partial charge in [-0.1, -0.05) is 6.07 Å². The van der Waals surface area contributed by atoms with E-state index in [0.717, 1.165) is 46.7 Å². The highest BCUT2D eigenvalue weighted by molar-refractivity contribution is 5.75. The lowest BCUT2D eigenvalue weighted by Crippen LogP contribution is -2.36. The normalized spacial score (nSPS) is 16.9. The van der Waals surface area contributed by atoms with Gasteiger partial charge in [-0.3, -0.25) is 0 Å². The van der Waals surface area contributed by atoms with E-state index in [0.29, 0.717) is 38.2 Å². The lowest BCUT2D eigenvalue weighted by molar-refractivity contribution is 0.122. The Morgan fingerprint density at radius 1 is 1.04 bits per heavy atom. The summed E-state index contributed by atoms with van der Waals surface area (Å²) in [5.74, 6) is 1.41. The van der Waals surface area contributed by atoms with Crippen molar-refractivity contribution in [3.05, 3.63) is 34.5 Å². The molecule has 1 N–H and O–H groups in total. The molecule has 0 aliphatic carbocycles. The molecule has 27 heavy (non-hydrogen) atoms. The smallest absolute Gasteiger partial charge is 0.254 e. The molecule has 1 fully saturated rings. The molecule has 2 aliphatic rings. The average molecular weight is 367 g/mol. The zero-order valence-electron chi connectivity index (χ0n) is 15.4. The SMILES string of the molecule is Cc1cc(C)c(-c2nc3nc(N4CCOCC4)nn3c3c2COC3)c(O)c1. The number of hydrogen-bond acceptors (Lipinski definition) is 7. The zero-order chi connectivity index (χ0) is 18.5. The molecule has 4 heterocycles. The van der Waals surface area contributed by atoms with E-state index < -0.39 is 0 Å². The van der Waals surface area contributed by atoms with Crippen LogP contribution in [0.25, 0.3) is 17.0 Å². The second kappa shape index (κ2) is 6.17. The minimum absolute atomic E-state index is 0.228. The molecule has 2 aliphatic heterocycles. The second-order valence-corrected chi connectivity index (χ2v) is 7.08. The van der Waals surface area contributed by atoms with Gasteiger partial charge < -0.3 is 19.5 Å². The van der Waals surface area contributed by atoms with Crippen molar-refractivity contribution in [2.24, 2.45) is 0 Å². The van der Waals surface area contributed by atoms with Crippen molar-refractivity contribution >= 4 is 11.7 Å². The van der Waals surface area contributed by atoms with Crippen LogP contribution in [0, 0.1) is 13.8 Å². The molecule has 3 aromatic rings. The number of rotatable bonds is 2. The summed E-state index contributed by atoms with van der Waals surface area (Å²) in [5, 5.41) is 15.3. The molecule has 5 rings (SSSR count). The quantitative estimate of drug-likeness (QED) is 0.741. The van der Waals surface area contributed by atoms with Crippen LogP contribution in [0.1, 0.15) is 22.4 Å². The molecule has 0 unspecified atom stereocenters. The molecule has 0 bridgehead atoms. The van der Waals surface area contributed by atoms with Gasteiger partial charge in [0.1, 0.15) is 5.75 Å². The number of aromatic hydroxyl groups is 1. The number of fused-ring (bicyclic) bond motifs is 3. The minimum atomic E-state index is 0.228. The van der Waals surface area contributed by atoms with Crippen molar-refractivity contribution < 1.29 is 14.6 Å². The van der Waals surface area contributed by atoms with E-state index in [4.69, 9.17) is 14.5 Å². The van der Waals surface area contributed by atoms with Crippen LogP contribution in [0.3, 0.4) is 0 Å². The predicted molar refractivity (Wildman–Crippen MR) is 98.9 cm³/mol. The molecule has 140 valence electrons. The van der Waals surface area contributed by atoms with Gasteiger partial charge in [0.25, 0.3) is 5.78 Å². The molecule has 0 saturated carbocycles. The zero-order valence-corrected chi connectivity index (χ0v) is 15.4. The van der Waals surface area contributed by atoms with Gasteiger partial charge in [0.2, 0.25) is 5.95 Å². The van der Waals surface area contributed by atoms with Gasteiger partial charge >= 0.3 is 0 Å². The minimum Gasteiger partial charge on any atom is -0.507 e. The third-order valence-electron chi connectivity index (χ3n) is 5.16. The first-order valence-corrected chi connectivity index (χ1v) is 9.11. The maximum atomic E-state index is 10.6. The number of aryl methyl sites for hydroxylation is 2. The van der Waals surface area contributed by atoms with Crippen molar-refractivity contribution in [1.82, 2.24) is 19.6 Å². The molecule has 8 heteroatoms. The highest BCUT2D eigenvalue weighted by Gasteiger charge is 2.27. The van der Waals surface area contributed by atoms with Crippen molar-refractivity contribution in [1.29, 1.82) is 0 Å². The third kappa shape index (κ3) is 2.64. The summed E-state index contributed by atoms with van der Waals surface area (Å²) in [6, 6.07) is 3.81. The standard InChI is InChI=1S/C19H21N5O3/c1-11-7-12(2)16(15(25)8-11)17-13-9-27-10-14(13)24-18(20-17)21-19(22-24)23-3-5-26-6-4-23/h7-8,25H,3-6,9-10H2,1-2H3. The number of phenols is 1. The van der Waals surface area contributed by atoms with Crippen molar-refractivity contribution in [2.45, 2.75) is 27.1 Å². The van der Waals surface area contributed by atoms with E-state index >= 15 is 0 Å². The number of nitrogens with zero attached hydrogens (tertiary/aromatic N) is 5. The van der Waals surface area contributed by atoms with Gasteiger partial charge in [-0.15, -0.1) is 5.10 Å². The van der Waals surface area contributed by atoms with Crippen molar-refractivity contribution in [3.8, 4) is 17.0 Å². The fourth-order valence-electron chi connectivity index (χ4n) is 3.89. The van der Waals surface area contributed by atoms with Gasteiger partial charge in [0.05, 0.1) is 37.8 Å². The summed E-state index contributed by atoms with van der Waals surface area (Å²) in [7, 11) is 0. The average Bonchev–Trinajstić information content (AvgIpc) is 3.28. The van der Waals surface area contributed by atoms with E-state index in [1.54, 1.807) is 10.6 Å². The van der Waals surface area contributed by atoms with E-state index in [2.05, 4.69) is 15.0 Å². The summed E-state index contributed by atoms with van der Waals surface area (Å²) >= 11 is 0. The van der Waals surface area contributed by atoms with Crippen molar-refractivity contribution in [2.75, 3.05) is 31.2 Å². The molecule has 0 radical (unpaired) electrons. The Morgan fingerprint density at radius 2 is 1.85 bits per heavy atom. The highest BCUT2D eigenvalue weighted by Crippen LogP contribution is 2.38. The second-order valence-electron chi connectivity index (χ2n) is 7.08. The van der Waals surface area contributed by atoms with Crippen molar-refractivity contribution in [3.63, 3.8) is 0 Å². The molecule has 1 aromatic carbocycles. The number of phenolic OH excluding ortho intramolecular Hbond substituents is 1. The summed E-state index contributed by atoms with van der Waals surface area (Å²) in [6.45, 7) is 7.73. The Kier molecular flexibility index (Phi) is 3.76. The van der Waals surface area contributed by atoms with E-state index in [1.807, 2.05) is 19.9 Å². The maximum absolute atomic E-state index is 10.6. The first kappa shape index (κ1) is 16.5. The van der Waals surface area contributed by atoms with Crippen LogP contribution in [0.15, 0.2) is 12.1 Å². The lowest BCUT2D eigenvalue weighted by atomic mass is 9.98.